The lowest BCUT2D eigenvalue weighted by Crippen LogP contribution is -1.98. The van der Waals surface area contributed by atoms with Crippen LogP contribution < -0.4 is 18.9 Å². The van der Waals surface area contributed by atoms with Crippen LogP contribution in [-0.4, -0.2) is 26.4 Å². The molecule has 4 nitrogen and oxygen atoms in total. The first kappa shape index (κ1) is 46.8. The molecule has 0 atom stereocenters. The predicted molar refractivity (Wildman–Crippen MR) is 248 cm³/mol. The number of ether oxygens (including phenoxy) is 4. The minimum Gasteiger partial charge on any atom is -0.494 e. The van der Waals surface area contributed by atoms with Crippen molar-refractivity contribution in [3.63, 3.8) is 0 Å². The van der Waals surface area contributed by atoms with Gasteiger partial charge in [0, 0.05) is 0 Å². The average Bonchev–Trinajstić information content (AvgIpc) is 3.26. The van der Waals surface area contributed by atoms with Crippen LogP contribution in [0.5, 0.6) is 23.0 Å². The summed E-state index contributed by atoms with van der Waals surface area (Å²) < 4.78 is 24.1. The molecular formula is C54H78O4. The SMILES string of the molecule is CCCCCCCCCCOc1ccc(-c2ccc(OCCCCCCCCCCOc3ccc(-c4ccc(OCCCCCCCCCC)cc4)cc3)cc2)cc1. The van der Waals surface area contributed by atoms with Crippen LogP contribution in [0.15, 0.2) is 97.1 Å². The van der Waals surface area contributed by atoms with Crippen molar-refractivity contribution >= 4 is 0 Å². The summed E-state index contributed by atoms with van der Waals surface area (Å²) in [6.45, 7) is 7.72. The number of rotatable bonds is 35. The van der Waals surface area contributed by atoms with E-state index in [0.717, 1.165) is 75.1 Å². The van der Waals surface area contributed by atoms with Crippen molar-refractivity contribution in [1.82, 2.24) is 0 Å². The molecule has 0 spiro atoms. The fourth-order valence-corrected chi connectivity index (χ4v) is 7.47. The summed E-state index contributed by atoms with van der Waals surface area (Å²) in [5, 5.41) is 0. The Morgan fingerprint density at radius 1 is 0.224 bits per heavy atom. The second-order valence-corrected chi connectivity index (χ2v) is 16.3. The summed E-state index contributed by atoms with van der Waals surface area (Å²) in [6, 6.07) is 34.0. The van der Waals surface area contributed by atoms with Gasteiger partial charge in [0.25, 0.3) is 0 Å². The van der Waals surface area contributed by atoms with E-state index in [1.165, 1.54) is 151 Å². The highest BCUT2D eigenvalue weighted by atomic mass is 16.5. The van der Waals surface area contributed by atoms with Crippen LogP contribution in [0, 0.1) is 0 Å². The normalized spacial score (nSPS) is 11.1. The van der Waals surface area contributed by atoms with Crippen LogP contribution in [0.4, 0.5) is 0 Å². The van der Waals surface area contributed by atoms with E-state index in [9.17, 15) is 0 Å². The zero-order valence-electron chi connectivity index (χ0n) is 36.7. The van der Waals surface area contributed by atoms with Crippen molar-refractivity contribution in [1.29, 1.82) is 0 Å². The third-order valence-electron chi connectivity index (χ3n) is 11.2. The minimum atomic E-state index is 0.781. The lowest BCUT2D eigenvalue weighted by atomic mass is 10.1. The average molecular weight is 791 g/mol. The van der Waals surface area contributed by atoms with Crippen molar-refractivity contribution in [3.8, 4) is 45.3 Å². The molecule has 0 radical (unpaired) electrons. The van der Waals surface area contributed by atoms with Crippen molar-refractivity contribution in [2.75, 3.05) is 26.4 Å². The van der Waals surface area contributed by atoms with Gasteiger partial charge >= 0.3 is 0 Å². The molecule has 0 aliphatic carbocycles. The van der Waals surface area contributed by atoms with Gasteiger partial charge in [-0.2, -0.15) is 0 Å². The van der Waals surface area contributed by atoms with E-state index in [1.54, 1.807) is 0 Å². The third kappa shape index (κ3) is 20.7. The van der Waals surface area contributed by atoms with Gasteiger partial charge in [0.15, 0.2) is 0 Å². The zero-order valence-corrected chi connectivity index (χ0v) is 36.7. The third-order valence-corrected chi connectivity index (χ3v) is 11.2. The Hall–Kier alpha value is -3.92. The zero-order chi connectivity index (χ0) is 40.6. The monoisotopic (exact) mass is 791 g/mol. The van der Waals surface area contributed by atoms with E-state index in [2.05, 4.69) is 111 Å². The van der Waals surface area contributed by atoms with Crippen LogP contribution in [0.2, 0.25) is 0 Å². The van der Waals surface area contributed by atoms with Crippen molar-refractivity contribution < 1.29 is 18.9 Å². The van der Waals surface area contributed by atoms with Crippen LogP contribution in [0.3, 0.4) is 0 Å². The van der Waals surface area contributed by atoms with Gasteiger partial charge in [0.1, 0.15) is 23.0 Å². The molecule has 0 bridgehead atoms. The molecule has 0 aromatic heterocycles. The van der Waals surface area contributed by atoms with Crippen molar-refractivity contribution in [2.24, 2.45) is 0 Å². The lowest BCUT2D eigenvalue weighted by Gasteiger charge is -2.09. The number of hydrogen-bond acceptors (Lipinski definition) is 4. The Kier molecular flexibility index (Phi) is 25.0. The van der Waals surface area contributed by atoms with E-state index in [0.29, 0.717) is 0 Å². The van der Waals surface area contributed by atoms with E-state index >= 15 is 0 Å². The van der Waals surface area contributed by atoms with Gasteiger partial charge in [-0.15, -0.1) is 0 Å². The molecule has 0 saturated heterocycles. The Labute approximate surface area is 354 Å². The first-order chi connectivity index (χ1) is 28.7. The maximum absolute atomic E-state index is 6.05. The Bertz CT molecular complexity index is 1410. The van der Waals surface area contributed by atoms with Gasteiger partial charge in [-0.05, 0) is 96.5 Å². The van der Waals surface area contributed by atoms with Crippen LogP contribution in [-0.2, 0) is 0 Å². The van der Waals surface area contributed by atoms with E-state index in [4.69, 9.17) is 18.9 Å². The molecule has 4 aromatic rings. The highest BCUT2D eigenvalue weighted by Gasteiger charge is 2.04. The maximum Gasteiger partial charge on any atom is 0.119 e. The second kappa shape index (κ2) is 31.1. The lowest BCUT2D eigenvalue weighted by molar-refractivity contribution is 0.301. The predicted octanol–water partition coefficient (Wildman–Crippen LogP) is 16.6. The first-order valence-electron chi connectivity index (χ1n) is 23.7. The second-order valence-electron chi connectivity index (χ2n) is 16.3. The summed E-state index contributed by atoms with van der Waals surface area (Å²) in [4.78, 5) is 0. The molecule has 0 N–H and O–H groups in total. The highest BCUT2D eigenvalue weighted by Crippen LogP contribution is 2.27. The molecule has 58 heavy (non-hydrogen) atoms. The highest BCUT2D eigenvalue weighted by molar-refractivity contribution is 5.65. The smallest absolute Gasteiger partial charge is 0.119 e. The van der Waals surface area contributed by atoms with E-state index < -0.39 is 0 Å². The molecule has 0 amide bonds. The van der Waals surface area contributed by atoms with Gasteiger partial charge in [-0.25, -0.2) is 0 Å². The van der Waals surface area contributed by atoms with Gasteiger partial charge in [0.05, 0.1) is 26.4 Å². The molecule has 0 heterocycles. The molecule has 0 unspecified atom stereocenters. The van der Waals surface area contributed by atoms with Gasteiger partial charge < -0.3 is 18.9 Å². The molecule has 0 fully saturated rings. The summed E-state index contributed by atoms with van der Waals surface area (Å²) in [6.07, 6.45) is 30.9. The molecule has 0 aliphatic heterocycles. The van der Waals surface area contributed by atoms with Crippen molar-refractivity contribution in [2.45, 2.75) is 168 Å². The Morgan fingerprint density at radius 3 is 0.586 bits per heavy atom. The van der Waals surface area contributed by atoms with Crippen molar-refractivity contribution in [3.05, 3.63) is 97.1 Å². The molecular weight excluding hydrogens is 713 g/mol. The van der Waals surface area contributed by atoms with Crippen LogP contribution in [0.25, 0.3) is 22.3 Å². The molecule has 4 aromatic carbocycles. The summed E-state index contributed by atoms with van der Waals surface area (Å²) in [5.41, 5.74) is 4.82. The molecule has 4 heteroatoms. The van der Waals surface area contributed by atoms with E-state index in [-0.39, 0.29) is 0 Å². The largest absolute Gasteiger partial charge is 0.494 e. The number of hydrogen-bond donors (Lipinski definition) is 0. The number of unbranched alkanes of at least 4 members (excludes halogenated alkanes) is 21. The Balaban J connectivity index is 0.943. The summed E-state index contributed by atoms with van der Waals surface area (Å²) in [5.74, 6) is 3.82. The standard InChI is InChI=1S/C54H78O4/c1-3-5-7-9-11-15-19-23-43-55-51-35-27-47(28-36-51)49-31-39-53(40-32-49)57-45-25-21-17-13-14-18-22-26-46-58-54-41-33-50(34-42-54)48-29-37-52(38-30-48)56-44-24-20-16-12-10-8-6-4-2/h27-42H,3-26,43-46H2,1-2H3. The van der Waals surface area contributed by atoms with E-state index in [1.807, 2.05) is 0 Å². The molecule has 4 rings (SSSR count). The van der Waals surface area contributed by atoms with Crippen LogP contribution >= 0.6 is 0 Å². The summed E-state index contributed by atoms with van der Waals surface area (Å²) >= 11 is 0. The fraction of sp³-hybridized carbons (Fsp3) is 0.556. The first-order valence-corrected chi connectivity index (χ1v) is 23.7. The molecule has 0 aliphatic rings. The topological polar surface area (TPSA) is 36.9 Å². The minimum absolute atomic E-state index is 0.781. The fourth-order valence-electron chi connectivity index (χ4n) is 7.47. The maximum atomic E-state index is 6.05. The van der Waals surface area contributed by atoms with Gasteiger partial charge in [-0.1, -0.05) is 191 Å². The Morgan fingerprint density at radius 2 is 0.397 bits per heavy atom. The summed E-state index contributed by atoms with van der Waals surface area (Å²) in [7, 11) is 0. The quantitative estimate of drug-likeness (QED) is 0.0435. The molecule has 0 saturated carbocycles. The van der Waals surface area contributed by atoms with Gasteiger partial charge in [0.2, 0.25) is 0 Å². The van der Waals surface area contributed by atoms with Crippen LogP contribution in [0.1, 0.15) is 168 Å². The van der Waals surface area contributed by atoms with Gasteiger partial charge in [-0.3, -0.25) is 0 Å². The molecule has 318 valence electrons. The number of benzene rings is 4.